The maximum absolute atomic E-state index is 4.56. The predicted molar refractivity (Wildman–Crippen MR) is 71.4 cm³/mol. The Kier molecular flexibility index (Phi) is 4.43. The Bertz CT molecular complexity index is 328. The van der Waals surface area contributed by atoms with E-state index in [1.807, 2.05) is 11.8 Å². The van der Waals surface area contributed by atoms with Gasteiger partial charge >= 0.3 is 0 Å². The Hall–Kier alpha value is -0.330. The summed E-state index contributed by atoms with van der Waals surface area (Å²) < 4.78 is 4.46. The average Bonchev–Trinajstić information content (AvgIpc) is 2.75. The van der Waals surface area contributed by atoms with Crippen LogP contribution in [0, 0.1) is 0 Å². The third-order valence-electron chi connectivity index (χ3n) is 2.66. The van der Waals surface area contributed by atoms with E-state index in [2.05, 4.69) is 33.5 Å². The van der Waals surface area contributed by atoms with Gasteiger partial charge in [0, 0.05) is 36.1 Å². The fraction of sp³-hybridized carbons (Fsp3) is 0.800. The van der Waals surface area contributed by atoms with Crippen LogP contribution in [0.5, 0.6) is 0 Å². The molecule has 0 amide bonds. The molecule has 0 saturated carbocycles. The summed E-state index contributed by atoms with van der Waals surface area (Å²) in [5.41, 5.74) is 0. The van der Waals surface area contributed by atoms with E-state index >= 15 is 0 Å². The van der Waals surface area contributed by atoms with Crippen molar-refractivity contribution >= 4 is 28.4 Å². The number of anilines is 1. The van der Waals surface area contributed by atoms with Crippen LogP contribution in [0.3, 0.4) is 0 Å². The fourth-order valence-corrected chi connectivity index (χ4v) is 3.49. The summed E-state index contributed by atoms with van der Waals surface area (Å²) in [7, 11) is 2.16. The molecule has 90 valence electrons. The van der Waals surface area contributed by atoms with Gasteiger partial charge in [0.1, 0.15) is 0 Å². The third-order valence-corrected chi connectivity index (χ3v) is 4.37. The van der Waals surface area contributed by atoms with E-state index in [1.165, 1.54) is 17.3 Å². The van der Waals surface area contributed by atoms with Gasteiger partial charge in [0.25, 0.3) is 0 Å². The molecule has 6 heteroatoms. The largest absolute Gasteiger partial charge is 0.360 e. The molecule has 1 aromatic heterocycles. The normalized spacial score (nSPS) is 22.2. The van der Waals surface area contributed by atoms with Crippen LogP contribution < -0.4 is 5.32 Å². The molecule has 2 heterocycles. The number of aromatic nitrogens is 2. The second kappa shape index (κ2) is 5.84. The summed E-state index contributed by atoms with van der Waals surface area (Å²) in [6, 6.07) is 0.396. The first-order valence-electron chi connectivity index (χ1n) is 5.66. The zero-order valence-electron chi connectivity index (χ0n) is 9.77. The van der Waals surface area contributed by atoms with Gasteiger partial charge in [0.05, 0.1) is 6.04 Å². The lowest BCUT2D eigenvalue weighted by molar-refractivity contribution is 0.266. The minimum Gasteiger partial charge on any atom is -0.360 e. The van der Waals surface area contributed by atoms with Gasteiger partial charge in [0.2, 0.25) is 5.13 Å². The van der Waals surface area contributed by atoms with Crippen LogP contribution in [0.2, 0.25) is 0 Å². The number of hydrogen-bond donors (Lipinski definition) is 1. The Morgan fingerprint density at radius 3 is 3.19 bits per heavy atom. The van der Waals surface area contributed by atoms with E-state index in [0.717, 1.165) is 36.2 Å². The topological polar surface area (TPSA) is 41.1 Å². The fourth-order valence-electron chi connectivity index (χ4n) is 1.63. The van der Waals surface area contributed by atoms with Crippen molar-refractivity contribution in [2.75, 3.05) is 37.0 Å². The highest BCUT2D eigenvalue weighted by atomic mass is 32.2. The molecule has 0 aliphatic carbocycles. The zero-order chi connectivity index (χ0) is 11.4. The summed E-state index contributed by atoms with van der Waals surface area (Å²) in [5, 5.41) is 4.25. The van der Waals surface area contributed by atoms with Crippen molar-refractivity contribution in [1.82, 2.24) is 14.3 Å². The molecule has 0 spiro atoms. The molecule has 1 N–H and O–H groups in total. The van der Waals surface area contributed by atoms with Crippen molar-refractivity contribution < 1.29 is 0 Å². The van der Waals surface area contributed by atoms with Gasteiger partial charge in [-0.3, -0.25) is 4.90 Å². The second-order valence-electron chi connectivity index (χ2n) is 3.96. The van der Waals surface area contributed by atoms with Gasteiger partial charge in [-0.2, -0.15) is 16.1 Å². The van der Waals surface area contributed by atoms with Gasteiger partial charge < -0.3 is 5.32 Å². The first kappa shape index (κ1) is 12.1. The zero-order valence-corrected chi connectivity index (χ0v) is 11.4. The van der Waals surface area contributed by atoms with Crippen LogP contribution >= 0.6 is 23.3 Å². The van der Waals surface area contributed by atoms with Crippen LogP contribution in [-0.4, -0.2) is 45.9 Å². The molecule has 1 aliphatic rings. The van der Waals surface area contributed by atoms with E-state index in [9.17, 15) is 0 Å². The van der Waals surface area contributed by atoms with Gasteiger partial charge in [0.15, 0.2) is 5.82 Å². The molecule has 1 aliphatic heterocycles. The Morgan fingerprint density at radius 1 is 1.56 bits per heavy atom. The average molecular weight is 258 g/mol. The highest BCUT2D eigenvalue weighted by Crippen LogP contribution is 2.28. The lowest BCUT2D eigenvalue weighted by atomic mass is 10.3. The van der Waals surface area contributed by atoms with Crippen molar-refractivity contribution in [3.8, 4) is 0 Å². The van der Waals surface area contributed by atoms with E-state index in [0.29, 0.717) is 6.04 Å². The van der Waals surface area contributed by atoms with E-state index in [-0.39, 0.29) is 0 Å². The van der Waals surface area contributed by atoms with Crippen LogP contribution in [0.4, 0.5) is 5.13 Å². The molecular formula is C10H18N4S2. The van der Waals surface area contributed by atoms with Crippen molar-refractivity contribution in [3.05, 3.63) is 5.82 Å². The molecule has 4 nitrogen and oxygen atoms in total. The predicted octanol–water partition coefficient (Wildman–Crippen LogP) is 2.08. The van der Waals surface area contributed by atoms with Crippen molar-refractivity contribution in [2.45, 2.75) is 19.4 Å². The van der Waals surface area contributed by atoms with Crippen molar-refractivity contribution in [1.29, 1.82) is 0 Å². The summed E-state index contributed by atoms with van der Waals surface area (Å²) in [6.07, 6.45) is 1.12. The highest BCUT2D eigenvalue weighted by Gasteiger charge is 2.24. The van der Waals surface area contributed by atoms with Gasteiger partial charge in [-0.15, -0.1) is 0 Å². The molecule has 1 saturated heterocycles. The maximum Gasteiger partial charge on any atom is 0.202 e. The standard InChI is InChI=1S/C10H18N4S2/c1-3-4-11-10-12-9(13-16-10)8-7-15-6-5-14(8)2/h8H,3-7H2,1-2H3,(H,11,12,13). The molecule has 0 bridgehead atoms. The third kappa shape index (κ3) is 2.87. The summed E-state index contributed by atoms with van der Waals surface area (Å²) in [6.45, 7) is 4.26. The summed E-state index contributed by atoms with van der Waals surface area (Å²) in [5.74, 6) is 3.32. The van der Waals surface area contributed by atoms with Gasteiger partial charge in [-0.1, -0.05) is 6.92 Å². The highest BCUT2D eigenvalue weighted by molar-refractivity contribution is 7.99. The SMILES string of the molecule is CCCNc1nc(C2CSCCN2C)ns1. The molecule has 1 fully saturated rings. The Labute approximate surface area is 105 Å². The summed E-state index contributed by atoms with van der Waals surface area (Å²) >= 11 is 3.47. The van der Waals surface area contributed by atoms with E-state index in [4.69, 9.17) is 0 Å². The van der Waals surface area contributed by atoms with Crippen LogP contribution in [-0.2, 0) is 0 Å². The number of nitrogens with one attached hydrogen (secondary N) is 1. The molecule has 2 rings (SSSR count). The van der Waals surface area contributed by atoms with Crippen molar-refractivity contribution in [3.63, 3.8) is 0 Å². The number of nitrogens with zero attached hydrogens (tertiary/aromatic N) is 3. The summed E-state index contributed by atoms with van der Waals surface area (Å²) in [4.78, 5) is 6.91. The molecule has 0 radical (unpaired) electrons. The van der Waals surface area contributed by atoms with Gasteiger partial charge in [-0.25, -0.2) is 4.98 Å². The molecule has 16 heavy (non-hydrogen) atoms. The minimum atomic E-state index is 0.396. The van der Waals surface area contributed by atoms with Crippen LogP contribution in [0.25, 0.3) is 0 Å². The number of hydrogen-bond acceptors (Lipinski definition) is 6. The van der Waals surface area contributed by atoms with Crippen LogP contribution in [0.1, 0.15) is 25.2 Å². The van der Waals surface area contributed by atoms with Crippen LogP contribution in [0.15, 0.2) is 0 Å². The van der Waals surface area contributed by atoms with Crippen molar-refractivity contribution in [2.24, 2.45) is 0 Å². The molecule has 1 atom stereocenters. The van der Waals surface area contributed by atoms with Gasteiger partial charge in [-0.05, 0) is 13.5 Å². The Balaban J connectivity index is 1.99. The molecule has 0 aromatic carbocycles. The quantitative estimate of drug-likeness (QED) is 0.895. The molecular weight excluding hydrogens is 240 g/mol. The minimum absolute atomic E-state index is 0.396. The van der Waals surface area contributed by atoms with E-state index in [1.54, 1.807) is 0 Å². The first-order valence-corrected chi connectivity index (χ1v) is 7.59. The first-order chi connectivity index (χ1) is 7.81. The second-order valence-corrected chi connectivity index (χ2v) is 5.86. The number of rotatable bonds is 4. The van der Waals surface area contributed by atoms with E-state index < -0.39 is 0 Å². The monoisotopic (exact) mass is 258 g/mol. The number of thioether (sulfide) groups is 1. The molecule has 1 unspecified atom stereocenters. The lowest BCUT2D eigenvalue weighted by Gasteiger charge is -2.29. The lowest BCUT2D eigenvalue weighted by Crippen LogP contribution is -2.33. The molecule has 1 aromatic rings. The smallest absolute Gasteiger partial charge is 0.202 e. The Morgan fingerprint density at radius 2 is 2.44 bits per heavy atom. The maximum atomic E-state index is 4.56.